The van der Waals surface area contributed by atoms with Crippen molar-refractivity contribution >= 4 is 29.7 Å². The van der Waals surface area contributed by atoms with Crippen molar-refractivity contribution in [2.45, 2.75) is 105 Å². The molecule has 0 spiro atoms. The fourth-order valence-corrected chi connectivity index (χ4v) is 4.50. The second-order valence-electron chi connectivity index (χ2n) is 11.3. The normalized spacial score (nSPS) is 13.5. The van der Waals surface area contributed by atoms with Crippen molar-refractivity contribution < 1.29 is 19.1 Å². The van der Waals surface area contributed by atoms with Gasteiger partial charge in [-0.05, 0) is 85.8 Å². The van der Waals surface area contributed by atoms with Gasteiger partial charge in [0.25, 0.3) is 0 Å². The molecule has 3 amide bonds. The van der Waals surface area contributed by atoms with Crippen molar-refractivity contribution in [3.8, 4) is 0 Å². The zero-order valence-corrected chi connectivity index (χ0v) is 24.7. The number of hydrogen-bond acceptors (Lipinski definition) is 5. The van der Waals surface area contributed by atoms with Gasteiger partial charge in [-0.3, -0.25) is 9.59 Å². The summed E-state index contributed by atoms with van der Waals surface area (Å²) in [5.41, 5.74) is 1.40. The number of unbranched alkanes of at least 4 members (excludes halogenated alkanes) is 1. The molecule has 204 valence electrons. The molecule has 0 heterocycles. The molecule has 0 aliphatic rings. The first-order valence-corrected chi connectivity index (χ1v) is 14.2. The molecule has 0 radical (unpaired) electrons. The summed E-state index contributed by atoms with van der Waals surface area (Å²) in [6.45, 7) is 17.7. The Kier molecular flexibility index (Phi) is 12.3. The topological polar surface area (TPSA) is 87.7 Å². The molecule has 0 saturated heterocycles. The van der Waals surface area contributed by atoms with Crippen LogP contribution in [0.2, 0.25) is 0 Å². The highest BCUT2D eigenvalue weighted by Gasteiger charge is 2.41. The van der Waals surface area contributed by atoms with Crippen LogP contribution in [0.1, 0.15) is 90.5 Å². The number of benzene rings is 1. The Morgan fingerprint density at radius 1 is 1.03 bits per heavy atom. The number of amides is 3. The van der Waals surface area contributed by atoms with E-state index in [1.54, 1.807) is 37.4 Å². The van der Waals surface area contributed by atoms with Crippen LogP contribution in [0.3, 0.4) is 0 Å². The molecule has 0 aromatic heterocycles. The lowest BCUT2D eigenvalue weighted by Gasteiger charge is -2.43. The molecule has 2 atom stereocenters. The van der Waals surface area contributed by atoms with Crippen molar-refractivity contribution in [2.75, 3.05) is 18.6 Å². The van der Waals surface area contributed by atoms with E-state index in [-0.39, 0.29) is 11.8 Å². The Balaban J connectivity index is 3.55. The van der Waals surface area contributed by atoms with Crippen LogP contribution in [-0.2, 0) is 14.3 Å². The van der Waals surface area contributed by atoms with E-state index >= 15 is 0 Å². The van der Waals surface area contributed by atoms with Gasteiger partial charge in [0.05, 0.1) is 0 Å². The van der Waals surface area contributed by atoms with Gasteiger partial charge in [-0.15, -0.1) is 0 Å². The number of hydrogen-bond donors (Lipinski definition) is 2. The highest BCUT2D eigenvalue weighted by molar-refractivity contribution is 7.98. The van der Waals surface area contributed by atoms with Crippen molar-refractivity contribution in [3.05, 3.63) is 34.9 Å². The van der Waals surface area contributed by atoms with E-state index in [1.807, 2.05) is 59.1 Å². The lowest BCUT2D eigenvalue weighted by Crippen LogP contribution is -2.58. The van der Waals surface area contributed by atoms with Crippen LogP contribution in [0.25, 0.3) is 0 Å². The number of nitrogens with zero attached hydrogens (tertiary/aromatic N) is 1. The maximum absolute atomic E-state index is 14.2. The fraction of sp³-hybridized carbons (Fsp3) is 0.679. The van der Waals surface area contributed by atoms with Crippen LogP contribution >= 0.6 is 11.8 Å². The first-order chi connectivity index (χ1) is 16.6. The summed E-state index contributed by atoms with van der Waals surface area (Å²) < 4.78 is 5.45. The second-order valence-corrected chi connectivity index (χ2v) is 12.3. The zero-order chi connectivity index (χ0) is 27.7. The summed E-state index contributed by atoms with van der Waals surface area (Å²) in [6, 6.07) is 4.29. The second kappa shape index (κ2) is 13.9. The summed E-state index contributed by atoms with van der Waals surface area (Å²) in [5, 5.41) is 5.82. The van der Waals surface area contributed by atoms with Gasteiger partial charge in [0.15, 0.2) is 0 Å². The van der Waals surface area contributed by atoms with Crippen molar-refractivity contribution in [1.29, 1.82) is 0 Å². The van der Waals surface area contributed by atoms with E-state index in [0.717, 1.165) is 29.5 Å². The van der Waals surface area contributed by atoms with Crippen LogP contribution in [0.15, 0.2) is 18.2 Å². The molecule has 7 nitrogen and oxygen atoms in total. The van der Waals surface area contributed by atoms with Gasteiger partial charge in [0.1, 0.15) is 17.7 Å². The standard InChI is InChI=1S/C28H47N3O4S/c1-11-12-14-29-24(32)23(21-17-19(2)16-20(3)18-21)31(27(4,5)6)25(33)22(13-15-36-10)30-26(34)35-28(7,8)9/h16-18,22-23H,11-15H2,1-10H3,(H,29,32)(H,30,34). The Bertz CT molecular complexity index is 870. The van der Waals surface area contributed by atoms with Gasteiger partial charge in [-0.2, -0.15) is 11.8 Å². The first kappa shape index (κ1) is 31.8. The number of carbonyl (C=O) groups excluding carboxylic acids is 3. The Morgan fingerprint density at radius 3 is 2.08 bits per heavy atom. The van der Waals surface area contributed by atoms with Gasteiger partial charge >= 0.3 is 6.09 Å². The lowest BCUT2D eigenvalue weighted by molar-refractivity contribution is -0.148. The quantitative estimate of drug-likeness (QED) is 0.374. The molecular formula is C28H47N3O4S. The predicted molar refractivity (Wildman–Crippen MR) is 149 cm³/mol. The fourth-order valence-electron chi connectivity index (χ4n) is 4.03. The van der Waals surface area contributed by atoms with E-state index in [0.29, 0.717) is 18.7 Å². The van der Waals surface area contributed by atoms with E-state index in [2.05, 4.69) is 17.6 Å². The van der Waals surface area contributed by atoms with Crippen LogP contribution < -0.4 is 10.6 Å². The van der Waals surface area contributed by atoms with Crippen molar-refractivity contribution in [2.24, 2.45) is 0 Å². The summed E-state index contributed by atoms with van der Waals surface area (Å²) in [6.07, 6.45) is 3.53. The number of rotatable bonds is 11. The largest absolute Gasteiger partial charge is 0.444 e. The molecule has 0 fully saturated rings. The molecule has 1 aromatic rings. The Labute approximate surface area is 222 Å². The average molecular weight is 522 g/mol. The highest BCUT2D eigenvalue weighted by Crippen LogP contribution is 2.31. The number of ether oxygens (including phenoxy) is 1. The van der Waals surface area contributed by atoms with E-state index in [4.69, 9.17) is 4.74 Å². The Hall–Kier alpha value is -2.22. The third-order valence-corrected chi connectivity index (χ3v) is 6.10. The van der Waals surface area contributed by atoms with Gasteiger partial charge < -0.3 is 20.3 Å². The molecular weight excluding hydrogens is 474 g/mol. The molecule has 2 N–H and O–H groups in total. The predicted octanol–water partition coefficient (Wildman–Crippen LogP) is 5.53. The minimum atomic E-state index is -0.842. The number of nitrogens with one attached hydrogen (secondary N) is 2. The Morgan fingerprint density at radius 2 is 1.61 bits per heavy atom. The SMILES string of the molecule is CCCCNC(=O)C(c1cc(C)cc(C)c1)N(C(=O)C(CCSC)NC(=O)OC(C)(C)C)C(C)(C)C. The monoisotopic (exact) mass is 521 g/mol. The van der Waals surface area contributed by atoms with Gasteiger partial charge in [-0.25, -0.2) is 4.79 Å². The number of thioether (sulfide) groups is 1. The van der Waals surface area contributed by atoms with Crippen LogP contribution in [0, 0.1) is 13.8 Å². The number of alkyl carbamates (subject to hydrolysis) is 1. The summed E-state index contributed by atoms with van der Waals surface area (Å²) in [7, 11) is 0. The van der Waals surface area contributed by atoms with E-state index < -0.39 is 29.3 Å². The van der Waals surface area contributed by atoms with Crippen molar-refractivity contribution in [1.82, 2.24) is 15.5 Å². The summed E-state index contributed by atoms with van der Waals surface area (Å²) in [5.74, 6) is 0.135. The van der Waals surface area contributed by atoms with Crippen LogP contribution in [-0.4, -0.2) is 58.5 Å². The molecule has 0 bridgehead atoms. The first-order valence-electron chi connectivity index (χ1n) is 12.8. The minimum Gasteiger partial charge on any atom is -0.444 e. The molecule has 8 heteroatoms. The highest BCUT2D eigenvalue weighted by atomic mass is 32.2. The van der Waals surface area contributed by atoms with E-state index in [1.165, 1.54) is 0 Å². The van der Waals surface area contributed by atoms with Crippen LogP contribution in [0.5, 0.6) is 0 Å². The average Bonchev–Trinajstić information content (AvgIpc) is 2.71. The number of aryl methyl sites for hydroxylation is 2. The molecule has 0 aliphatic heterocycles. The maximum Gasteiger partial charge on any atom is 0.408 e. The summed E-state index contributed by atoms with van der Waals surface area (Å²) in [4.78, 5) is 42.1. The van der Waals surface area contributed by atoms with Gasteiger partial charge in [0.2, 0.25) is 11.8 Å². The third-order valence-electron chi connectivity index (χ3n) is 5.46. The minimum absolute atomic E-state index is 0.224. The van der Waals surface area contributed by atoms with E-state index in [9.17, 15) is 14.4 Å². The van der Waals surface area contributed by atoms with Gasteiger partial charge in [0, 0.05) is 12.1 Å². The smallest absolute Gasteiger partial charge is 0.408 e. The van der Waals surface area contributed by atoms with Crippen LogP contribution in [0.4, 0.5) is 4.79 Å². The van der Waals surface area contributed by atoms with Crippen molar-refractivity contribution in [3.63, 3.8) is 0 Å². The maximum atomic E-state index is 14.2. The third kappa shape index (κ3) is 10.4. The number of carbonyl (C=O) groups is 3. The molecule has 1 aromatic carbocycles. The zero-order valence-electron chi connectivity index (χ0n) is 23.9. The molecule has 0 aliphatic carbocycles. The van der Waals surface area contributed by atoms with Gasteiger partial charge in [-0.1, -0.05) is 42.7 Å². The molecule has 1 rings (SSSR count). The summed E-state index contributed by atoms with van der Waals surface area (Å²) >= 11 is 1.59. The molecule has 2 unspecified atom stereocenters. The molecule has 36 heavy (non-hydrogen) atoms. The lowest BCUT2D eigenvalue weighted by atomic mass is 9.93. The molecule has 0 saturated carbocycles.